The summed E-state index contributed by atoms with van der Waals surface area (Å²) in [4.78, 5) is 0. The van der Waals surface area contributed by atoms with E-state index in [1.54, 1.807) is 0 Å². The van der Waals surface area contributed by atoms with E-state index in [0.29, 0.717) is 0 Å². The summed E-state index contributed by atoms with van der Waals surface area (Å²) in [7, 11) is 0. The third-order valence-corrected chi connectivity index (χ3v) is 8.71. The second-order valence-corrected chi connectivity index (χ2v) is 9.49. The fourth-order valence-electron chi connectivity index (χ4n) is 2.54. The van der Waals surface area contributed by atoms with E-state index in [2.05, 4.69) is 79.4 Å². The van der Waals surface area contributed by atoms with E-state index >= 15 is 0 Å². The monoisotopic (exact) mass is 320 g/mol. The molecule has 3 rings (SSSR count). The molecule has 0 atom stereocenters. The summed E-state index contributed by atoms with van der Waals surface area (Å²) in [6.45, 7) is 3.82. The highest BCUT2D eigenvalue weighted by Gasteiger charge is 2.24. The van der Waals surface area contributed by atoms with Crippen LogP contribution in [0.15, 0.2) is 91.5 Å². The van der Waals surface area contributed by atoms with Gasteiger partial charge in [-0.2, -0.15) is 0 Å². The van der Waals surface area contributed by atoms with Gasteiger partial charge in [-0.3, -0.25) is 0 Å². The van der Waals surface area contributed by atoms with Crippen LogP contribution in [0.4, 0.5) is 0 Å². The Morgan fingerprint density at radius 1 is 0.636 bits per heavy atom. The predicted octanol–water partition coefficient (Wildman–Crippen LogP) is 4.09. The molecule has 22 heavy (non-hydrogen) atoms. The standard InChI is InChI=1S/C20H17PS/c1-2-17-13-15-20(16-14-17)21(22,18-9-5-3-6-10-18)19-11-7-4-8-12-19/h2-16H,1H2. The second-order valence-electron chi connectivity index (χ2n) is 5.08. The van der Waals surface area contributed by atoms with Crippen LogP contribution < -0.4 is 15.9 Å². The van der Waals surface area contributed by atoms with Crippen LogP contribution in [0.3, 0.4) is 0 Å². The Kier molecular flexibility index (Phi) is 4.38. The smallest absolute Gasteiger partial charge is 0.0379 e. The maximum absolute atomic E-state index is 6.27. The Morgan fingerprint density at radius 2 is 1.05 bits per heavy atom. The summed E-state index contributed by atoms with van der Waals surface area (Å²) in [5.41, 5.74) is 1.12. The molecule has 0 heterocycles. The topological polar surface area (TPSA) is 0 Å². The van der Waals surface area contributed by atoms with Crippen LogP contribution in [0.25, 0.3) is 6.08 Å². The first-order valence-electron chi connectivity index (χ1n) is 7.19. The van der Waals surface area contributed by atoms with Gasteiger partial charge >= 0.3 is 0 Å². The molecule has 0 aromatic heterocycles. The molecule has 2 heteroatoms. The van der Waals surface area contributed by atoms with Gasteiger partial charge in [-0.1, -0.05) is 109 Å². The number of hydrogen-bond donors (Lipinski definition) is 0. The van der Waals surface area contributed by atoms with Crippen molar-refractivity contribution in [1.29, 1.82) is 0 Å². The molecule has 0 radical (unpaired) electrons. The molecule has 0 bridgehead atoms. The van der Waals surface area contributed by atoms with Crippen LogP contribution in [-0.4, -0.2) is 0 Å². The molecule has 0 nitrogen and oxygen atoms in total. The van der Waals surface area contributed by atoms with E-state index in [1.807, 2.05) is 18.2 Å². The third kappa shape index (κ3) is 2.70. The van der Waals surface area contributed by atoms with Gasteiger partial charge in [0.2, 0.25) is 0 Å². The van der Waals surface area contributed by atoms with Crippen LogP contribution in [0, 0.1) is 0 Å². The lowest BCUT2D eigenvalue weighted by molar-refractivity contribution is 1.70. The quantitative estimate of drug-likeness (QED) is 0.653. The van der Waals surface area contributed by atoms with Crippen molar-refractivity contribution >= 4 is 39.8 Å². The van der Waals surface area contributed by atoms with Gasteiger partial charge in [-0.15, -0.1) is 0 Å². The molecule has 0 fully saturated rings. The van der Waals surface area contributed by atoms with Crippen molar-refractivity contribution in [2.75, 3.05) is 0 Å². The second kappa shape index (κ2) is 6.44. The molecule has 0 aliphatic rings. The lowest BCUT2D eigenvalue weighted by Crippen LogP contribution is -2.24. The first-order valence-corrected chi connectivity index (χ1v) is 10.00. The number of hydrogen-bond acceptors (Lipinski definition) is 1. The van der Waals surface area contributed by atoms with Crippen molar-refractivity contribution < 1.29 is 0 Å². The van der Waals surface area contributed by atoms with Crippen LogP contribution in [0.1, 0.15) is 5.56 Å². The lowest BCUT2D eigenvalue weighted by atomic mass is 10.2. The SMILES string of the molecule is C=Cc1ccc(P(=S)(c2ccccc2)c2ccccc2)cc1. The van der Waals surface area contributed by atoms with Crippen molar-refractivity contribution in [1.82, 2.24) is 0 Å². The Balaban J connectivity index is 2.23. The highest BCUT2D eigenvalue weighted by atomic mass is 32.4. The molecular weight excluding hydrogens is 303 g/mol. The van der Waals surface area contributed by atoms with E-state index in [-0.39, 0.29) is 0 Å². The molecule has 0 amide bonds. The lowest BCUT2D eigenvalue weighted by Gasteiger charge is -2.24. The zero-order valence-corrected chi connectivity index (χ0v) is 13.9. The summed E-state index contributed by atoms with van der Waals surface area (Å²) >= 11 is 6.27. The first kappa shape index (κ1) is 15.0. The summed E-state index contributed by atoms with van der Waals surface area (Å²) in [5, 5.41) is 3.66. The Hall–Kier alpha value is -1.95. The van der Waals surface area contributed by atoms with Gasteiger partial charge in [0, 0.05) is 6.04 Å². The molecular formula is C20H17PS. The van der Waals surface area contributed by atoms with E-state index in [9.17, 15) is 0 Å². The summed E-state index contributed by atoms with van der Waals surface area (Å²) in [5.74, 6) is 0. The van der Waals surface area contributed by atoms with E-state index in [0.717, 1.165) is 5.56 Å². The zero-order chi connectivity index (χ0) is 15.4. The molecule has 0 aliphatic carbocycles. The Morgan fingerprint density at radius 3 is 1.45 bits per heavy atom. The average Bonchev–Trinajstić information content (AvgIpc) is 2.62. The van der Waals surface area contributed by atoms with Crippen molar-refractivity contribution in [2.24, 2.45) is 0 Å². The summed E-state index contributed by atoms with van der Waals surface area (Å²) in [6.07, 6.45) is 1.86. The van der Waals surface area contributed by atoms with Crippen LogP contribution in [-0.2, 0) is 11.8 Å². The van der Waals surface area contributed by atoms with Crippen molar-refractivity contribution in [3.63, 3.8) is 0 Å². The largest absolute Gasteiger partial charge is 0.0985 e. The van der Waals surface area contributed by atoms with E-state index < -0.39 is 6.04 Å². The fourth-order valence-corrected chi connectivity index (χ4v) is 6.29. The first-order chi connectivity index (χ1) is 10.7. The molecule has 0 saturated carbocycles. The van der Waals surface area contributed by atoms with Crippen LogP contribution >= 0.6 is 6.04 Å². The molecule has 108 valence electrons. The summed E-state index contributed by atoms with van der Waals surface area (Å²) in [6, 6.07) is 27.4. The van der Waals surface area contributed by atoms with Crippen LogP contribution in [0.5, 0.6) is 0 Å². The third-order valence-electron chi connectivity index (χ3n) is 3.73. The van der Waals surface area contributed by atoms with E-state index in [1.165, 1.54) is 15.9 Å². The fraction of sp³-hybridized carbons (Fsp3) is 0. The summed E-state index contributed by atoms with van der Waals surface area (Å²) < 4.78 is 0. The highest BCUT2D eigenvalue weighted by Crippen LogP contribution is 2.42. The van der Waals surface area contributed by atoms with Gasteiger partial charge in [0.1, 0.15) is 0 Å². The maximum atomic E-state index is 6.27. The molecule has 0 aliphatic heterocycles. The minimum atomic E-state index is -2.01. The zero-order valence-electron chi connectivity index (χ0n) is 12.2. The molecule has 0 saturated heterocycles. The van der Waals surface area contributed by atoms with E-state index in [4.69, 9.17) is 11.8 Å². The molecule has 3 aromatic carbocycles. The van der Waals surface area contributed by atoms with Crippen molar-refractivity contribution in [3.05, 3.63) is 97.1 Å². The molecule has 0 spiro atoms. The minimum Gasteiger partial charge on any atom is -0.0985 e. The maximum Gasteiger partial charge on any atom is 0.0379 e. The molecule has 0 N–H and O–H groups in total. The predicted molar refractivity (Wildman–Crippen MR) is 103 cm³/mol. The van der Waals surface area contributed by atoms with Crippen molar-refractivity contribution in [2.45, 2.75) is 0 Å². The molecule has 3 aromatic rings. The van der Waals surface area contributed by atoms with Crippen molar-refractivity contribution in [3.8, 4) is 0 Å². The number of benzene rings is 3. The highest BCUT2D eigenvalue weighted by molar-refractivity contribution is 8.25. The van der Waals surface area contributed by atoms with Crippen LogP contribution in [0.2, 0.25) is 0 Å². The minimum absolute atomic E-state index is 1.12. The Bertz CT molecular complexity index is 762. The van der Waals surface area contributed by atoms with Gasteiger partial charge in [-0.25, -0.2) is 0 Å². The van der Waals surface area contributed by atoms with Gasteiger partial charge in [0.25, 0.3) is 0 Å². The van der Waals surface area contributed by atoms with Gasteiger partial charge in [-0.05, 0) is 21.5 Å². The molecule has 0 unspecified atom stereocenters. The average molecular weight is 320 g/mol. The Labute approximate surface area is 137 Å². The van der Waals surface area contributed by atoms with Gasteiger partial charge < -0.3 is 0 Å². The van der Waals surface area contributed by atoms with Gasteiger partial charge in [0.15, 0.2) is 0 Å². The van der Waals surface area contributed by atoms with Gasteiger partial charge in [0.05, 0.1) is 0 Å². The normalized spacial score (nSPS) is 11.1. The number of rotatable bonds is 4.